The van der Waals surface area contributed by atoms with Gasteiger partial charge in [-0.25, -0.2) is 14.4 Å². The Morgan fingerprint density at radius 2 is 1.81 bits per heavy atom. The first-order valence-corrected chi connectivity index (χ1v) is 12.0. The lowest BCUT2D eigenvalue weighted by Gasteiger charge is -2.08. The lowest BCUT2D eigenvalue weighted by atomic mass is 10.1. The molecule has 0 atom stereocenters. The van der Waals surface area contributed by atoms with Crippen LogP contribution in [0.3, 0.4) is 0 Å². The molecule has 0 bridgehead atoms. The maximum Gasteiger partial charge on any atom is 0.290 e. The molecule has 8 nitrogen and oxygen atoms in total. The van der Waals surface area contributed by atoms with E-state index in [-0.39, 0.29) is 18.2 Å². The average molecular weight is 495 g/mol. The van der Waals surface area contributed by atoms with E-state index in [2.05, 4.69) is 20.2 Å². The molecule has 1 aliphatic rings. The third-order valence-electron chi connectivity index (χ3n) is 6.20. The number of halogens is 1. The Balaban J connectivity index is 1.24. The first-order valence-electron chi connectivity index (χ1n) is 12.0. The van der Waals surface area contributed by atoms with Crippen molar-refractivity contribution in [1.29, 1.82) is 0 Å². The molecule has 0 radical (unpaired) electrons. The van der Waals surface area contributed by atoms with Crippen LogP contribution in [0.1, 0.15) is 29.2 Å². The fourth-order valence-electron chi connectivity index (χ4n) is 4.18. The van der Waals surface area contributed by atoms with Gasteiger partial charge in [0.1, 0.15) is 28.8 Å². The number of carbonyl (C=O) groups is 1. The lowest BCUT2D eigenvalue weighted by molar-refractivity contribution is 0.0924. The third kappa shape index (κ3) is 4.71. The average Bonchev–Trinajstić information content (AvgIpc) is 3.42. The highest BCUT2D eigenvalue weighted by Crippen LogP contribution is 2.33. The smallest absolute Gasteiger partial charge is 0.290 e. The molecule has 0 spiro atoms. The van der Waals surface area contributed by atoms with Gasteiger partial charge in [0.2, 0.25) is 0 Å². The molecule has 5 aromatic rings. The predicted octanol–water partition coefficient (Wildman–Crippen LogP) is 5.69. The number of ether oxygens (including phenoxy) is 1. The second-order valence-corrected chi connectivity index (χ2v) is 8.96. The topological polar surface area (TPSA) is 112 Å². The first kappa shape index (κ1) is 22.7. The zero-order valence-corrected chi connectivity index (χ0v) is 19.8. The molecule has 1 saturated carbocycles. The molecule has 1 aliphatic carbocycles. The highest BCUT2D eigenvalue weighted by molar-refractivity contribution is 5.98. The van der Waals surface area contributed by atoms with Gasteiger partial charge >= 0.3 is 0 Å². The van der Waals surface area contributed by atoms with E-state index in [1.54, 1.807) is 18.3 Å². The maximum atomic E-state index is 14.4. The molecule has 3 heterocycles. The Bertz CT molecular complexity index is 1620. The van der Waals surface area contributed by atoms with E-state index in [9.17, 15) is 9.18 Å². The Kier molecular flexibility index (Phi) is 5.72. The van der Waals surface area contributed by atoms with Crippen LogP contribution in [0.25, 0.3) is 22.3 Å². The van der Waals surface area contributed by atoms with E-state index in [1.807, 2.05) is 54.6 Å². The van der Waals surface area contributed by atoms with Crippen molar-refractivity contribution in [2.24, 2.45) is 5.92 Å². The van der Waals surface area contributed by atoms with Gasteiger partial charge < -0.3 is 10.5 Å². The minimum Gasteiger partial charge on any atom is -0.457 e. The molecule has 9 heteroatoms. The van der Waals surface area contributed by atoms with Crippen LogP contribution in [0.15, 0.2) is 84.8 Å². The van der Waals surface area contributed by atoms with Crippen molar-refractivity contribution in [2.45, 2.75) is 19.3 Å². The summed E-state index contributed by atoms with van der Waals surface area (Å²) in [6.45, 7) is 0. The number of para-hydroxylation sites is 1. The number of aromatic nitrogens is 5. The van der Waals surface area contributed by atoms with Crippen LogP contribution >= 0.6 is 0 Å². The molecule has 184 valence electrons. The summed E-state index contributed by atoms with van der Waals surface area (Å²) in [7, 11) is 0. The summed E-state index contributed by atoms with van der Waals surface area (Å²) in [5, 5.41) is 7.95. The van der Waals surface area contributed by atoms with Gasteiger partial charge in [0.05, 0.1) is 5.39 Å². The van der Waals surface area contributed by atoms with Gasteiger partial charge in [-0.3, -0.25) is 14.5 Å². The predicted molar refractivity (Wildman–Crippen MR) is 138 cm³/mol. The van der Waals surface area contributed by atoms with Gasteiger partial charge in [-0.15, -0.1) is 0 Å². The van der Waals surface area contributed by atoms with Crippen LogP contribution in [0.2, 0.25) is 0 Å². The molecular formula is C28H23FN6O2. The molecular weight excluding hydrogens is 471 g/mol. The lowest BCUT2D eigenvalue weighted by Crippen LogP contribution is -2.14. The zero-order valence-electron chi connectivity index (χ0n) is 19.8. The molecule has 3 N–H and O–H groups in total. The van der Waals surface area contributed by atoms with E-state index in [0.717, 1.165) is 24.2 Å². The molecule has 37 heavy (non-hydrogen) atoms. The van der Waals surface area contributed by atoms with Crippen LogP contribution in [0.4, 0.5) is 10.2 Å². The van der Waals surface area contributed by atoms with E-state index in [0.29, 0.717) is 34.0 Å². The summed E-state index contributed by atoms with van der Waals surface area (Å²) in [4.78, 5) is 21.6. The Labute approximate surface area is 211 Å². The molecule has 0 unspecified atom stereocenters. The van der Waals surface area contributed by atoms with Gasteiger partial charge in [0, 0.05) is 23.9 Å². The van der Waals surface area contributed by atoms with Crippen LogP contribution in [0.5, 0.6) is 11.5 Å². The fraction of sp³-hybridized carbons (Fsp3) is 0.143. The number of nitrogens with two attached hydrogens (primary N) is 1. The number of benzene rings is 2. The van der Waals surface area contributed by atoms with Crippen molar-refractivity contribution in [3.8, 4) is 22.8 Å². The number of anilines is 1. The number of nitrogens with zero attached hydrogens (tertiary/aromatic N) is 4. The van der Waals surface area contributed by atoms with Crippen LogP contribution in [-0.4, -0.2) is 30.6 Å². The van der Waals surface area contributed by atoms with Crippen LogP contribution < -0.4 is 10.5 Å². The summed E-state index contributed by atoms with van der Waals surface area (Å²) in [6.07, 6.45) is 4.99. The van der Waals surface area contributed by atoms with Crippen LogP contribution in [0, 0.1) is 5.92 Å². The monoisotopic (exact) mass is 494 g/mol. The maximum absolute atomic E-state index is 14.4. The summed E-state index contributed by atoms with van der Waals surface area (Å²) in [5.41, 5.74) is 8.82. The summed E-state index contributed by atoms with van der Waals surface area (Å²) in [6, 6.07) is 20.5. The Hall–Kier alpha value is -4.79. The van der Waals surface area contributed by atoms with Gasteiger partial charge in [-0.2, -0.15) is 5.10 Å². The normalized spacial score (nSPS) is 13.7. The number of allylic oxidation sites excluding steroid dienone is 2. The number of hydrogen-bond donors (Lipinski definition) is 2. The molecule has 0 aliphatic heterocycles. The van der Waals surface area contributed by atoms with Gasteiger partial charge in [0.15, 0.2) is 11.5 Å². The number of hydrogen-bond acceptors (Lipinski definition) is 6. The number of fused-ring (bicyclic) bond motifs is 1. The SMILES string of the molecule is Nc1nc(Cc2cccn2C(=O)C(F)=CC2CC2)nc2[nH]nc(-c3ccc(Oc4ccccc4)cc3)c12. The number of nitrogen functional groups attached to an aromatic ring is 1. The van der Waals surface area contributed by atoms with Crippen molar-refractivity contribution in [2.75, 3.05) is 5.73 Å². The largest absolute Gasteiger partial charge is 0.457 e. The van der Waals surface area contributed by atoms with Crippen molar-refractivity contribution in [1.82, 2.24) is 24.7 Å². The summed E-state index contributed by atoms with van der Waals surface area (Å²) < 4.78 is 21.5. The molecule has 3 aromatic heterocycles. The Morgan fingerprint density at radius 3 is 2.57 bits per heavy atom. The molecule has 0 saturated heterocycles. The molecule has 2 aromatic carbocycles. The highest BCUT2D eigenvalue weighted by atomic mass is 19.1. The minimum absolute atomic E-state index is 0.163. The van der Waals surface area contributed by atoms with E-state index < -0.39 is 11.7 Å². The number of carbonyl (C=O) groups excluding carboxylic acids is 1. The van der Waals surface area contributed by atoms with E-state index >= 15 is 0 Å². The van der Waals surface area contributed by atoms with Crippen molar-refractivity contribution >= 4 is 22.8 Å². The quantitative estimate of drug-likeness (QED) is 0.281. The third-order valence-corrected chi connectivity index (χ3v) is 6.20. The second-order valence-electron chi connectivity index (χ2n) is 8.96. The number of nitrogens with one attached hydrogen (secondary N) is 1. The molecule has 6 rings (SSSR count). The minimum atomic E-state index is -0.741. The van der Waals surface area contributed by atoms with Gasteiger partial charge in [-0.05, 0) is 73.4 Å². The molecule has 0 amide bonds. The summed E-state index contributed by atoms with van der Waals surface area (Å²) >= 11 is 0. The van der Waals surface area contributed by atoms with Gasteiger partial charge in [-0.1, -0.05) is 18.2 Å². The zero-order chi connectivity index (χ0) is 25.4. The number of rotatable bonds is 7. The molecule has 1 fully saturated rings. The fourth-order valence-corrected chi connectivity index (χ4v) is 4.18. The Morgan fingerprint density at radius 1 is 1.05 bits per heavy atom. The van der Waals surface area contributed by atoms with Crippen LogP contribution in [-0.2, 0) is 6.42 Å². The van der Waals surface area contributed by atoms with Crippen molar-refractivity contribution in [3.63, 3.8) is 0 Å². The first-order chi connectivity index (χ1) is 18.0. The van der Waals surface area contributed by atoms with Crippen molar-refractivity contribution in [3.05, 3.63) is 96.3 Å². The van der Waals surface area contributed by atoms with Gasteiger partial charge in [0.25, 0.3) is 5.91 Å². The summed E-state index contributed by atoms with van der Waals surface area (Å²) in [5.74, 6) is 0.834. The standard InChI is InChI=1S/C28H23FN6O2/c29-22(15-17-8-9-17)28(36)35-14-4-5-19(35)16-23-31-26(30)24-25(33-34-27(24)32-23)18-10-12-21(13-11-18)37-20-6-2-1-3-7-20/h1-7,10-15,17H,8-9,16H2,(H3,30,31,32,33,34). The van der Waals surface area contributed by atoms with E-state index in [4.69, 9.17) is 10.5 Å². The van der Waals surface area contributed by atoms with Crippen molar-refractivity contribution < 1.29 is 13.9 Å². The number of aromatic amines is 1. The highest BCUT2D eigenvalue weighted by Gasteiger charge is 2.23. The second kappa shape index (κ2) is 9.34. The number of H-pyrrole nitrogens is 1. The van der Waals surface area contributed by atoms with E-state index in [1.165, 1.54) is 10.6 Å².